The van der Waals surface area contributed by atoms with Gasteiger partial charge in [0.1, 0.15) is 0 Å². The molecule has 1 aliphatic carbocycles. The topological polar surface area (TPSA) is 70.9 Å². The molecule has 2 aliphatic rings. The zero-order valence-corrected chi connectivity index (χ0v) is 16.7. The number of piperazine rings is 1. The Labute approximate surface area is 156 Å². The van der Waals surface area contributed by atoms with Crippen LogP contribution in [0, 0.1) is 0 Å². The van der Waals surface area contributed by atoms with Gasteiger partial charge in [0.15, 0.2) is 6.04 Å². The molecule has 0 aromatic heterocycles. The van der Waals surface area contributed by atoms with Crippen LogP contribution in [-0.2, 0) is 14.8 Å². The number of amides is 1. The van der Waals surface area contributed by atoms with Crippen LogP contribution in [0.25, 0.3) is 0 Å². The van der Waals surface area contributed by atoms with Gasteiger partial charge in [-0.05, 0) is 43.4 Å². The minimum Gasteiger partial charge on any atom is -0.348 e. The summed E-state index contributed by atoms with van der Waals surface area (Å²) in [7, 11) is -3.46. The van der Waals surface area contributed by atoms with Gasteiger partial charge in [-0.3, -0.25) is 4.79 Å². The zero-order valence-electron chi connectivity index (χ0n) is 15.9. The summed E-state index contributed by atoms with van der Waals surface area (Å²) < 4.78 is 27.3. The quantitative estimate of drug-likeness (QED) is 0.749. The second-order valence-electron chi connectivity index (χ2n) is 7.79. The van der Waals surface area contributed by atoms with Gasteiger partial charge in [-0.1, -0.05) is 26.0 Å². The molecule has 3 rings (SSSR count). The third-order valence-corrected chi connectivity index (χ3v) is 7.39. The van der Waals surface area contributed by atoms with Crippen molar-refractivity contribution in [3.8, 4) is 0 Å². The number of hydrogen-bond acceptors (Lipinski definition) is 3. The second kappa shape index (κ2) is 7.66. The Morgan fingerprint density at radius 3 is 2.19 bits per heavy atom. The lowest BCUT2D eigenvalue weighted by molar-refractivity contribution is -0.917. The predicted octanol–water partition coefficient (Wildman–Crippen LogP) is 0.366. The maximum absolute atomic E-state index is 12.9. The first-order chi connectivity index (χ1) is 12.3. The van der Waals surface area contributed by atoms with Crippen molar-refractivity contribution < 1.29 is 18.1 Å². The number of rotatable bonds is 6. The molecule has 7 heteroatoms. The Balaban J connectivity index is 1.60. The number of carbonyl (C=O) groups excluding carboxylic acids is 1. The fraction of sp³-hybridized carbons (Fsp3) is 0.632. The molecule has 144 valence electrons. The molecule has 2 N–H and O–H groups in total. The Hall–Kier alpha value is -1.44. The maximum Gasteiger partial charge on any atom is 0.278 e. The molecular formula is C19H30N3O3S+. The number of benzene rings is 1. The van der Waals surface area contributed by atoms with Gasteiger partial charge in [0.25, 0.3) is 5.91 Å². The highest BCUT2D eigenvalue weighted by molar-refractivity contribution is 7.89. The molecule has 26 heavy (non-hydrogen) atoms. The Bertz CT molecular complexity index is 734. The second-order valence-corrected chi connectivity index (χ2v) is 9.73. The van der Waals surface area contributed by atoms with Crippen molar-refractivity contribution in [2.75, 3.05) is 26.2 Å². The summed E-state index contributed by atoms with van der Waals surface area (Å²) >= 11 is 0. The standard InChI is InChI=1S/C19H29N3O3S/c1-14(2)16-4-8-18(9-5-16)26(24,25)22-12-10-21(11-13-22)15(3)19(23)20-17-6-7-17/h4-5,8-9,14-15,17H,6-7,10-13H2,1-3H3,(H,20,23)/p+1/t15-/m1/s1. The molecule has 0 radical (unpaired) electrons. The Morgan fingerprint density at radius 1 is 1.12 bits per heavy atom. The van der Waals surface area contributed by atoms with Gasteiger partial charge in [0.2, 0.25) is 10.0 Å². The predicted molar refractivity (Wildman–Crippen MR) is 101 cm³/mol. The van der Waals surface area contributed by atoms with E-state index in [0.29, 0.717) is 43.0 Å². The van der Waals surface area contributed by atoms with Crippen molar-refractivity contribution in [3.05, 3.63) is 29.8 Å². The molecule has 0 unspecified atom stereocenters. The number of carbonyl (C=O) groups is 1. The smallest absolute Gasteiger partial charge is 0.278 e. The number of sulfonamides is 1. The van der Waals surface area contributed by atoms with Crippen LogP contribution in [0.4, 0.5) is 0 Å². The van der Waals surface area contributed by atoms with E-state index in [-0.39, 0.29) is 11.9 Å². The van der Waals surface area contributed by atoms with Crippen molar-refractivity contribution in [3.63, 3.8) is 0 Å². The van der Waals surface area contributed by atoms with E-state index >= 15 is 0 Å². The first kappa shape index (κ1) is 19.3. The van der Waals surface area contributed by atoms with Crippen molar-refractivity contribution >= 4 is 15.9 Å². The van der Waals surface area contributed by atoms with Crippen molar-refractivity contribution in [2.24, 2.45) is 0 Å². The van der Waals surface area contributed by atoms with Crippen molar-refractivity contribution in [2.45, 2.75) is 56.5 Å². The molecular weight excluding hydrogens is 350 g/mol. The monoisotopic (exact) mass is 380 g/mol. The van der Waals surface area contributed by atoms with Gasteiger partial charge >= 0.3 is 0 Å². The van der Waals surface area contributed by atoms with Crippen LogP contribution in [0.1, 0.15) is 45.1 Å². The SMILES string of the molecule is CC(C)c1ccc(S(=O)(=O)N2CC[NH+]([C@H](C)C(=O)NC3CC3)CC2)cc1. The van der Waals surface area contributed by atoms with Crippen molar-refractivity contribution in [1.29, 1.82) is 0 Å². The summed E-state index contributed by atoms with van der Waals surface area (Å²) in [5.41, 5.74) is 1.13. The maximum atomic E-state index is 12.9. The lowest BCUT2D eigenvalue weighted by Crippen LogP contribution is -3.19. The molecule has 6 nitrogen and oxygen atoms in total. The van der Waals surface area contributed by atoms with E-state index in [4.69, 9.17) is 0 Å². The Morgan fingerprint density at radius 2 is 1.69 bits per heavy atom. The molecule has 1 atom stereocenters. The van der Waals surface area contributed by atoms with Crippen molar-refractivity contribution in [1.82, 2.24) is 9.62 Å². The average Bonchev–Trinajstić information content (AvgIpc) is 3.45. The van der Waals surface area contributed by atoms with Crippen LogP contribution in [0.2, 0.25) is 0 Å². The zero-order chi connectivity index (χ0) is 18.9. The van der Waals surface area contributed by atoms with Gasteiger partial charge in [0.05, 0.1) is 31.1 Å². The molecule has 1 aromatic rings. The molecule has 0 spiro atoms. The molecule has 0 bridgehead atoms. The van der Waals surface area contributed by atoms with Gasteiger partial charge in [-0.2, -0.15) is 4.31 Å². The molecule has 1 amide bonds. The largest absolute Gasteiger partial charge is 0.348 e. The summed E-state index contributed by atoms with van der Waals surface area (Å²) in [6, 6.07) is 7.42. The van der Waals surface area contributed by atoms with Crippen LogP contribution >= 0.6 is 0 Å². The number of nitrogens with one attached hydrogen (secondary N) is 2. The van der Waals surface area contributed by atoms with E-state index in [1.807, 2.05) is 19.1 Å². The van der Waals surface area contributed by atoms with Gasteiger partial charge in [0, 0.05) is 6.04 Å². The number of hydrogen-bond donors (Lipinski definition) is 2. The summed E-state index contributed by atoms with van der Waals surface area (Å²) in [5.74, 6) is 0.463. The van der Waals surface area contributed by atoms with Crippen LogP contribution in [-0.4, -0.2) is 56.9 Å². The fourth-order valence-corrected chi connectivity index (χ4v) is 4.80. The van der Waals surface area contributed by atoms with Crippen LogP contribution < -0.4 is 10.2 Å². The normalized spacial score (nSPS) is 20.9. The minimum atomic E-state index is -3.46. The van der Waals surface area contributed by atoms with Crippen LogP contribution in [0.15, 0.2) is 29.2 Å². The third-order valence-electron chi connectivity index (χ3n) is 5.48. The van der Waals surface area contributed by atoms with Gasteiger partial charge in [-0.15, -0.1) is 0 Å². The minimum absolute atomic E-state index is 0.0862. The summed E-state index contributed by atoms with van der Waals surface area (Å²) in [4.78, 5) is 13.7. The highest BCUT2D eigenvalue weighted by Gasteiger charge is 2.35. The molecule has 2 fully saturated rings. The number of quaternary nitrogens is 1. The molecule has 1 aliphatic heterocycles. The van der Waals surface area contributed by atoms with Gasteiger partial charge in [-0.25, -0.2) is 8.42 Å². The average molecular weight is 381 g/mol. The summed E-state index contributed by atoms with van der Waals surface area (Å²) in [5, 5.41) is 3.04. The fourth-order valence-electron chi connectivity index (χ4n) is 3.36. The number of nitrogens with zero attached hydrogens (tertiary/aromatic N) is 1. The van der Waals surface area contributed by atoms with Crippen LogP contribution in [0.5, 0.6) is 0 Å². The van der Waals surface area contributed by atoms with E-state index in [9.17, 15) is 13.2 Å². The molecule has 1 saturated carbocycles. The highest BCUT2D eigenvalue weighted by atomic mass is 32.2. The third kappa shape index (κ3) is 4.27. The highest BCUT2D eigenvalue weighted by Crippen LogP contribution is 2.20. The van der Waals surface area contributed by atoms with Gasteiger partial charge < -0.3 is 10.2 Å². The first-order valence-corrected chi connectivity index (χ1v) is 11.0. The lowest BCUT2D eigenvalue weighted by atomic mass is 10.0. The molecule has 1 saturated heterocycles. The Kier molecular flexibility index (Phi) is 5.69. The molecule has 1 heterocycles. The lowest BCUT2D eigenvalue weighted by Gasteiger charge is -2.34. The van der Waals surface area contributed by atoms with E-state index in [2.05, 4.69) is 19.2 Å². The van der Waals surface area contributed by atoms with E-state index in [1.165, 1.54) is 0 Å². The molecule has 1 aromatic carbocycles. The van der Waals surface area contributed by atoms with E-state index in [0.717, 1.165) is 23.3 Å². The summed E-state index contributed by atoms with van der Waals surface area (Å²) in [6.45, 7) is 8.32. The van der Waals surface area contributed by atoms with E-state index < -0.39 is 10.0 Å². The first-order valence-electron chi connectivity index (χ1n) is 9.54. The van der Waals surface area contributed by atoms with E-state index in [1.54, 1.807) is 16.4 Å². The van der Waals surface area contributed by atoms with Crippen LogP contribution in [0.3, 0.4) is 0 Å². The summed E-state index contributed by atoms with van der Waals surface area (Å²) in [6.07, 6.45) is 2.16.